The zero-order valence-electron chi connectivity index (χ0n) is 15.3. The number of carbonyl (C=O) groups excluding carboxylic acids is 1. The van der Waals surface area contributed by atoms with E-state index in [1.165, 1.54) is 6.07 Å². The molecule has 0 aliphatic rings. The lowest BCUT2D eigenvalue weighted by Crippen LogP contribution is -2.12. The van der Waals surface area contributed by atoms with Crippen molar-refractivity contribution in [3.05, 3.63) is 98.3 Å². The molecule has 0 spiro atoms. The predicted octanol–water partition coefficient (Wildman–Crippen LogP) is 6.33. The number of aryl methyl sites for hydroxylation is 1. The molecular formula is C23H15Cl2NO3. The van der Waals surface area contributed by atoms with Crippen molar-refractivity contribution in [1.29, 1.82) is 0 Å². The van der Waals surface area contributed by atoms with E-state index in [-0.39, 0.29) is 10.9 Å². The molecule has 0 atom stereocenters. The second-order valence-electron chi connectivity index (χ2n) is 6.59. The molecule has 0 radical (unpaired) electrons. The topological polar surface area (TPSA) is 59.3 Å². The quantitative estimate of drug-likeness (QED) is 0.391. The van der Waals surface area contributed by atoms with E-state index in [4.69, 9.17) is 27.6 Å². The fourth-order valence-corrected chi connectivity index (χ4v) is 3.66. The Morgan fingerprint density at radius 3 is 2.48 bits per heavy atom. The standard InChI is InChI=1S/C23H15Cl2NO3/c1-13-10-16(26-22(27)18-8-6-15(24)12-20(18)25)7-9-17(13)19-11-14-4-2-3-5-21(14)29-23(19)28/h2-12H,1H3,(H,26,27). The average Bonchev–Trinajstić information content (AvgIpc) is 2.68. The van der Waals surface area contributed by atoms with Gasteiger partial charge in [-0.3, -0.25) is 4.79 Å². The molecule has 0 aliphatic heterocycles. The molecule has 6 heteroatoms. The van der Waals surface area contributed by atoms with Crippen LogP contribution in [0.15, 0.2) is 75.9 Å². The van der Waals surface area contributed by atoms with Crippen LogP contribution in [0.2, 0.25) is 10.0 Å². The Kier molecular flexibility index (Phi) is 5.14. The van der Waals surface area contributed by atoms with Crippen LogP contribution in [0.1, 0.15) is 15.9 Å². The Balaban J connectivity index is 1.66. The highest BCUT2D eigenvalue weighted by atomic mass is 35.5. The normalized spacial score (nSPS) is 10.9. The number of para-hydroxylation sites is 1. The smallest absolute Gasteiger partial charge is 0.344 e. The maximum absolute atomic E-state index is 12.5. The van der Waals surface area contributed by atoms with Crippen LogP contribution < -0.4 is 10.9 Å². The average molecular weight is 424 g/mol. The zero-order valence-corrected chi connectivity index (χ0v) is 16.8. The van der Waals surface area contributed by atoms with Crippen molar-refractivity contribution in [2.75, 3.05) is 5.32 Å². The summed E-state index contributed by atoms with van der Waals surface area (Å²) in [7, 11) is 0. The minimum Gasteiger partial charge on any atom is -0.422 e. The van der Waals surface area contributed by atoms with Crippen molar-refractivity contribution >= 4 is 45.8 Å². The maximum Gasteiger partial charge on any atom is 0.344 e. The van der Waals surface area contributed by atoms with Gasteiger partial charge in [-0.25, -0.2) is 4.79 Å². The van der Waals surface area contributed by atoms with E-state index in [1.54, 1.807) is 36.4 Å². The van der Waals surface area contributed by atoms with Gasteiger partial charge in [0.2, 0.25) is 0 Å². The Morgan fingerprint density at radius 1 is 0.931 bits per heavy atom. The fourth-order valence-electron chi connectivity index (χ4n) is 3.17. The van der Waals surface area contributed by atoms with Gasteiger partial charge >= 0.3 is 5.63 Å². The molecule has 0 aliphatic carbocycles. The summed E-state index contributed by atoms with van der Waals surface area (Å²) in [4.78, 5) is 24.9. The SMILES string of the molecule is Cc1cc(NC(=O)c2ccc(Cl)cc2Cl)ccc1-c1cc2ccccc2oc1=O. The molecule has 0 saturated heterocycles. The van der Waals surface area contributed by atoms with E-state index < -0.39 is 5.63 Å². The lowest BCUT2D eigenvalue weighted by Gasteiger charge is -2.11. The first-order valence-corrected chi connectivity index (χ1v) is 9.58. The highest BCUT2D eigenvalue weighted by Gasteiger charge is 2.14. The van der Waals surface area contributed by atoms with Gasteiger partial charge in [0.25, 0.3) is 5.91 Å². The van der Waals surface area contributed by atoms with E-state index in [9.17, 15) is 9.59 Å². The largest absolute Gasteiger partial charge is 0.422 e. The molecule has 1 heterocycles. The van der Waals surface area contributed by atoms with Crippen LogP contribution in [-0.4, -0.2) is 5.91 Å². The molecule has 4 aromatic rings. The van der Waals surface area contributed by atoms with Crippen molar-refractivity contribution in [2.24, 2.45) is 0 Å². The lowest BCUT2D eigenvalue weighted by molar-refractivity contribution is 0.102. The van der Waals surface area contributed by atoms with Crippen LogP contribution in [0.4, 0.5) is 5.69 Å². The second-order valence-corrected chi connectivity index (χ2v) is 7.44. The first kappa shape index (κ1) is 19.2. The number of halogens is 2. The van der Waals surface area contributed by atoms with Crippen LogP contribution in [0.5, 0.6) is 0 Å². The molecule has 1 N–H and O–H groups in total. The highest BCUT2D eigenvalue weighted by Crippen LogP contribution is 2.27. The number of amides is 1. The highest BCUT2D eigenvalue weighted by molar-refractivity contribution is 6.37. The number of benzene rings is 3. The molecule has 1 aromatic heterocycles. The lowest BCUT2D eigenvalue weighted by atomic mass is 10.0. The van der Waals surface area contributed by atoms with Crippen molar-refractivity contribution in [3.8, 4) is 11.1 Å². The third-order valence-electron chi connectivity index (χ3n) is 4.59. The van der Waals surface area contributed by atoms with Crippen LogP contribution in [0.3, 0.4) is 0 Å². The van der Waals surface area contributed by atoms with Crippen LogP contribution in [0, 0.1) is 6.92 Å². The van der Waals surface area contributed by atoms with Crippen LogP contribution >= 0.6 is 23.2 Å². The number of anilines is 1. The van der Waals surface area contributed by atoms with E-state index in [1.807, 2.05) is 31.2 Å². The van der Waals surface area contributed by atoms with E-state index in [0.29, 0.717) is 27.4 Å². The van der Waals surface area contributed by atoms with Gasteiger partial charge in [0.15, 0.2) is 0 Å². The first-order chi connectivity index (χ1) is 13.9. The summed E-state index contributed by atoms with van der Waals surface area (Å²) >= 11 is 12.0. The molecule has 0 fully saturated rings. The minimum absolute atomic E-state index is 0.275. The molecule has 0 bridgehead atoms. The van der Waals surface area contributed by atoms with Crippen LogP contribution in [0.25, 0.3) is 22.1 Å². The summed E-state index contributed by atoms with van der Waals surface area (Å²) in [5.41, 5.74) is 3.10. The van der Waals surface area contributed by atoms with Crippen molar-refractivity contribution in [2.45, 2.75) is 6.92 Å². The minimum atomic E-state index is -0.406. The molecule has 4 nitrogen and oxygen atoms in total. The molecule has 0 unspecified atom stereocenters. The number of fused-ring (bicyclic) bond motifs is 1. The van der Waals surface area contributed by atoms with Gasteiger partial charge in [0, 0.05) is 16.1 Å². The van der Waals surface area contributed by atoms with Crippen molar-refractivity contribution in [1.82, 2.24) is 0 Å². The third-order valence-corrected chi connectivity index (χ3v) is 5.14. The first-order valence-electron chi connectivity index (χ1n) is 8.83. The number of hydrogen-bond acceptors (Lipinski definition) is 3. The number of hydrogen-bond donors (Lipinski definition) is 1. The van der Waals surface area contributed by atoms with E-state index in [2.05, 4.69) is 5.32 Å². The third kappa shape index (κ3) is 3.90. The van der Waals surface area contributed by atoms with Gasteiger partial charge in [-0.05, 0) is 60.5 Å². The number of nitrogens with one attached hydrogen (secondary N) is 1. The summed E-state index contributed by atoms with van der Waals surface area (Å²) in [5.74, 6) is -0.343. The fraction of sp³-hybridized carbons (Fsp3) is 0.0435. The Morgan fingerprint density at radius 2 is 1.72 bits per heavy atom. The maximum atomic E-state index is 12.5. The van der Waals surface area contributed by atoms with Gasteiger partial charge in [0.05, 0.1) is 16.1 Å². The number of carbonyl (C=O) groups is 1. The monoisotopic (exact) mass is 423 g/mol. The molecule has 3 aromatic carbocycles. The molecular weight excluding hydrogens is 409 g/mol. The number of rotatable bonds is 3. The van der Waals surface area contributed by atoms with E-state index >= 15 is 0 Å². The predicted molar refractivity (Wildman–Crippen MR) is 117 cm³/mol. The van der Waals surface area contributed by atoms with Gasteiger partial charge in [-0.15, -0.1) is 0 Å². The molecule has 144 valence electrons. The van der Waals surface area contributed by atoms with Gasteiger partial charge in [-0.2, -0.15) is 0 Å². The van der Waals surface area contributed by atoms with E-state index in [0.717, 1.165) is 16.5 Å². The zero-order chi connectivity index (χ0) is 20.5. The Hall–Kier alpha value is -3.08. The molecule has 29 heavy (non-hydrogen) atoms. The Bertz CT molecular complexity index is 1310. The van der Waals surface area contributed by atoms with Crippen molar-refractivity contribution in [3.63, 3.8) is 0 Å². The molecule has 4 rings (SSSR count). The Labute approximate surface area is 176 Å². The van der Waals surface area contributed by atoms with Gasteiger partial charge in [-0.1, -0.05) is 47.5 Å². The van der Waals surface area contributed by atoms with Gasteiger partial charge in [0.1, 0.15) is 5.58 Å². The summed E-state index contributed by atoms with van der Waals surface area (Å²) in [6, 6.07) is 19.2. The van der Waals surface area contributed by atoms with Crippen LogP contribution in [-0.2, 0) is 0 Å². The second kappa shape index (κ2) is 7.74. The molecule has 1 amide bonds. The summed E-state index contributed by atoms with van der Waals surface area (Å²) in [6.45, 7) is 1.87. The summed E-state index contributed by atoms with van der Waals surface area (Å²) in [5, 5.41) is 4.39. The van der Waals surface area contributed by atoms with Gasteiger partial charge < -0.3 is 9.73 Å². The summed E-state index contributed by atoms with van der Waals surface area (Å²) in [6.07, 6.45) is 0. The summed E-state index contributed by atoms with van der Waals surface area (Å²) < 4.78 is 5.43. The van der Waals surface area contributed by atoms with Crippen molar-refractivity contribution < 1.29 is 9.21 Å². The molecule has 0 saturated carbocycles.